The lowest BCUT2D eigenvalue weighted by Crippen LogP contribution is -2.31. The minimum absolute atomic E-state index is 0.321. The first kappa shape index (κ1) is 13.3. The summed E-state index contributed by atoms with van der Waals surface area (Å²) in [6.07, 6.45) is 1.61. The van der Waals surface area contributed by atoms with Gasteiger partial charge in [-0.1, -0.05) is 17.7 Å². The molecule has 100 valence electrons. The Morgan fingerprint density at radius 1 is 1.00 bits per heavy atom. The van der Waals surface area contributed by atoms with Crippen molar-refractivity contribution < 1.29 is 0 Å². The molecular formula is C15H18N2O2. The van der Waals surface area contributed by atoms with Crippen LogP contribution in [-0.4, -0.2) is 9.55 Å². The average molecular weight is 258 g/mol. The van der Waals surface area contributed by atoms with Gasteiger partial charge in [0.15, 0.2) is 0 Å². The van der Waals surface area contributed by atoms with Crippen LogP contribution in [0, 0.1) is 27.7 Å². The van der Waals surface area contributed by atoms with Gasteiger partial charge in [0.05, 0.1) is 6.54 Å². The molecule has 2 rings (SSSR count). The third-order valence-electron chi connectivity index (χ3n) is 3.36. The van der Waals surface area contributed by atoms with Gasteiger partial charge >= 0.3 is 5.69 Å². The third-order valence-corrected chi connectivity index (χ3v) is 3.36. The van der Waals surface area contributed by atoms with Crippen LogP contribution in [0.15, 0.2) is 27.9 Å². The number of benzene rings is 1. The van der Waals surface area contributed by atoms with Crippen molar-refractivity contribution in [2.24, 2.45) is 0 Å². The SMILES string of the molecule is Cc1cc(C)c(Cn2cc(C)c(=O)[nH]c2=O)c(C)c1. The number of rotatable bonds is 2. The second kappa shape index (κ2) is 4.88. The molecule has 1 heterocycles. The monoisotopic (exact) mass is 258 g/mol. The van der Waals surface area contributed by atoms with E-state index in [-0.39, 0.29) is 11.2 Å². The van der Waals surface area contributed by atoms with Gasteiger partial charge in [0.1, 0.15) is 0 Å². The van der Waals surface area contributed by atoms with Crippen LogP contribution >= 0.6 is 0 Å². The van der Waals surface area contributed by atoms with Gasteiger partial charge in [0.2, 0.25) is 0 Å². The molecule has 0 radical (unpaired) electrons. The fourth-order valence-corrected chi connectivity index (χ4v) is 2.37. The molecule has 1 aromatic heterocycles. The Balaban J connectivity index is 2.51. The fraction of sp³-hybridized carbons (Fsp3) is 0.333. The van der Waals surface area contributed by atoms with Crippen molar-refractivity contribution in [2.45, 2.75) is 34.2 Å². The van der Waals surface area contributed by atoms with Crippen molar-refractivity contribution in [1.82, 2.24) is 9.55 Å². The van der Waals surface area contributed by atoms with Crippen molar-refractivity contribution in [1.29, 1.82) is 0 Å². The third kappa shape index (κ3) is 2.67. The zero-order valence-corrected chi connectivity index (χ0v) is 11.7. The number of aromatic amines is 1. The molecule has 4 heteroatoms. The maximum atomic E-state index is 11.8. The molecule has 0 aliphatic carbocycles. The summed E-state index contributed by atoms with van der Waals surface area (Å²) in [6.45, 7) is 8.32. The van der Waals surface area contributed by atoms with Crippen molar-refractivity contribution >= 4 is 0 Å². The molecule has 0 amide bonds. The van der Waals surface area contributed by atoms with Crippen molar-refractivity contribution in [3.05, 3.63) is 67.0 Å². The van der Waals surface area contributed by atoms with Crippen LogP contribution in [0.5, 0.6) is 0 Å². The quantitative estimate of drug-likeness (QED) is 0.893. The molecule has 0 saturated heterocycles. The zero-order chi connectivity index (χ0) is 14.2. The number of aromatic nitrogens is 2. The van der Waals surface area contributed by atoms with Gasteiger partial charge in [-0.15, -0.1) is 0 Å². The van der Waals surface area contributed by atoms with E-state index in [9.17, 15) is 9.59 Å². The molecule has 1 N–H and O–H groups in total. The highest BCUT2D eigenvalue weighted by Gasteiger charge is 2.07. The van der Waals surface area contributed by atoms with Crippen molar-refractivity contribution in [2.75, 3.05) is 0 Å². The van der Waals surface area contributed by atoms with E-state index in [2.05, 4.69) is 24.0 Å². The van der Waals surface area contributed by atoms with Crippen molar-refractivity contribution in [3.8, 4) is 0 Å². The molecule has 0 unspecified atom stereocenters. The highest BCUT2D eigenvalue weighted by molar-refractivity contribution is 5.37. The standard InChI is InChI=1S/C15H18N2O2/c1-9-5-10(2)13(11(3)6-9)8-17-7-12(4)14(18)16-15(17)19/h5-7H,8H2,1-4H3,(H,16,18,19). The molecule has 0 atom stereocenters. The van der Waals surface area contributed by atoms with E-state index in [1.165, 1.54) is 5.56 Å². The molecule has 0 spiro atoms. The Bertz CT molecular complexity index is 716. The Morgan fingerprint density at radius 2 is 1.58 bits per heavy atom. The van der Waals surface area contributed by atoms with E-state index in [0.717, 1.165) is 16.7 Å². The number of nitrogens with zero attached hydrogens (tertiary/aromatic N) is 1. The molecule has 0 aliphatic rings. The number of H-pyrrole nitrogens is 1. The zero-order valence-electron chi connectivity index (χ0n) is 11.7. The van der Waals surface area contributed by atoms with Gasteiger partial charge in [0.25, 0.3) is 5.56 Å². The molecule has 19 heavy (non-hydrogen) atoms. The van der Waals surface area contributed by atoms with Gasteiger partial charge in [-0.3, -0.25) is 14.3 Å². The lowest BCUT2D eigenvalue weighted by Gasteiger charge is -2.13. The molecule has 4 nitrogen and oxygen atoms in total. The maximum Gasteiger partial charge on any atom is 0.328 e. The molecular weight excluding hydrogens is 240 g/mol. The van der Waals surface area contributed by atoms with E-state index < -0.39 is 0 Å². The average Bonchev–Trinajstić information content (AvgIpc) is 2.29. The number of hydrogen-bond acceptors (Lipinski definition) is 2. The van der Waals surface area contributed by atoms with Crippen LogP contribution in [0.2, 0.25) is 0 Å². The van der Waals surface area contributed by atoms with Crippen LogP contribution in [-0.2, 0) is 6.54 Å². The minimum Gasteiger partial charge on any atom is -0.296 e. The molecule has 0 saturated carbocycles. The predicted molar refractivity (Wildman–Crippen MR) is 75.8 cm³/mol. The van der Waals surface area contributed by atoms with Crippen LogP contribution in [0.25, 0.3) is 0 Å². The molecule has 0 fully saturated rings. The van der Waals surface area contributed by atoms with E-state index in [1.807, 2.05) is 13.8 Å². The summed E-state index contributed by atoms with van der Waals surface area (Å²) in [5.41, 5.74) is 4.51. The van der Waals surface area contributed by atoms with Gasteiger partial charge in [-0.2, -0.15) is 0 Å². The summed E-state index contributed by atoms with van der Waals surface area (Å²) < 4.78 is 1.54. The van der Waals surface area contributed by atoms with E-state index >= 15 is 0 Å². The van der Waals surface area contributed by atoms with Gasteiger partial charge in [0, 0.05) is 11.8 Å². The molecule has 0 aliphatic heterocycles. The normalized spacial score (nSPS) is 10.7. The van der Waals surface area contributed by atoms with Gasteiger partial charge in [-0.05, 0) is 44.4 Å². The lowest BCUT2D eigenvalue weighted by atomic mass is 10.00. The second-order valence-electron chi connectivity index (χ2n) is 5.08. The van der Waals surface area contributed by atoms with Gasteiger partial charge < -0.3 is 0 Å². The summed E-state index contributed by atoms with van der Waals surface area (Å²) in [5, 5.41) is 0. The Labute approximate surface area is 111 Å². The molecule has 0 bridgehead atoms. The summed E-state index contributed by atoms with van der Waals surface area (Å²) in [4.78, 5) is 25.5. The van der Waals surface area contributed by atoms with Crippen LogP contribution in [0.3, 0.4) is 0 Å². The van der Waals surface area contributed by atoms with Gasteiger partial charge in [-0.25, -0.2) is 4.79 Å². The first-order valence-electron chi connectivity index (χ1n) is 6.25. The highest BCUT2D eigenvalue weighted by Crippen LogP contribution is 2.16. The Kier molecular flexibility index (Phi) is 3.42. The predicted octanol–water partition coefficient (Wildman–Crippen LogP) is 1.82. The smallest absolute Gasteiger partial charge is 0.296 e. The van der Waals surface area contributed by atoms with Crippen LogP contribution < -0.4 is 11.2 Å². The number of aryl methyl sites for hydroxylation is 4. The summed E-state index contributed by atoms with van der Waals surface area (Å²) >= 11 is 0. The summed E-state index contributed by atoms with van der Waals surface area (Å²) in [7, 11) is 0. The first-order valence-corrected chi connectivity index (χ1v) is 6.25. The molecule has 2 aromatic rings. The second-order valence-corrected chi connectivity index (χ2v) is 5.08. The lowest BCUT2D eigenvalue weighted by molar-refractivity contribution is 0.707. The highest BCUT2D eigenvalue weighted by atomic mass is 16.2. The van der Waals surface area contributed by atoms with Crippen LogP contribution in [0.4, 0.5) is 0 Å². The first-order chi connectivity index (χ1) is 8.88. The Hall–Kier alpha value is -2.10. The minimum atomic E-state index is -0.366. The maximum absolute atomic E-state index is 11.8. The summed E-state index contributed by atoms with van der Waals surface area (Å²) in [5.74, 6) is 0. The summed E-state index contributed by atoms with van der Waals surface area (Å²) in [6, 6.07) is 4.21. The largest absolute Gasteiger partial charge is 0.328 e. The van der Waals surface area contributed by atoms with Crippen molar-refractivity contribution in [3.63, 3.8) is 0 Å². The van der Waals surface area contributed by atoms with Crippen LogP contribution in [0.1, 0.15) is 27.8 Å². The molecule has 1 aromatic carbocycles. The van der Waals surface area contributed by atoms with E-state index in [1.54, 1.807) is 17.7 Å². The Morgan fingerprint density at radius 3 is 2.16 bits per heavy atom. The topological polar surface area (TPSA) is 54.9 Å². The van der Waals surface area contributed by atoms with E-state index in [0.29, 0.717) is 12.1 Å². The fourth-order valence-electron chi connectivity index (χ4n) is 2.37. The van der Waals surface area contributed by atoms with E-state index in [4.69, 9.17) is 0 Å². The number of nitrogens with one attached hydrogen (secondary N) is 1. The number of hydrogen-bond donors (Lipinski definition) is 1.